The summed E-state index contributed by atoms with van der Waals surface area (Å²) in [6.45, 7) is 10.4. The molecule has 4 rings (SSSR count). The van der Waals surface area contributed by atoms with Crippen molar-refractivity contribution in [1.82, 2.24) is 10.3 Å². The number of thioether (sulfide) groups is 1. The molecule has 5 nitrogen and oxygen atoms in total. The molecule has 1 N–H and O–H groups in total. The van der Waals surface area contributed by atoms with Crippen LogP contribution in [0.3, 0.4) is 0 Å². The summed E-state index contributed by atoms with van der Waals surface area (Å²) < 4.78 is 0. The summed E-state index contributed by atoms with van der Waals surface area (Å²) in [6.07, 6.45) is 10.6. The van der Waals surface area contributed by atoms with Crippen molar-refractivity contribution in [2.75, 3.05) is 5.75 Å². The van der Waals surface area contributed by atoms with Crippen LogP contribution < -0.4 is 15.9 Å². The van der Waals surface area contributed by atoms with E-state index in [2.05, 4.69) is 44.8 Å². The van der Waals surface area contributed by atoms with Gasteiger partial charge in [0.25, 0.3) is 5.91 Å². The van der Waals surface area contributed by atoms with Crippen molar-refractivity contribution in [3.8, 4) is 0 Å². The van der Waals surface area contributed by atoms with Crippen molar-refractivity contribution in [2.45, 2.75) is 52.6 Å². The van der Waals surface area contributed by atoms with Crippen LogP contribution in [0.4, 0.5) is 0 Å². The van der Waals surface area contributed by atoms with Crippen LogP contribution in [0.5, 0.6) is 0 Å². The zero-order chi connectivity index (χ0) is 22.7. The minimum Gasteiger partial charge on any atom is -0.298 e. The van der Waals surface area contributed by atoms with E-state index in [1.807, 2.05) is 35.4 Å². The van der Waals surface area contributed by atoms with Crippen molar-refractivity contribution in [1.29, 1.82) is 0 Å². The van der Waals surface area contributed by atoms with Gasteiger partial charge >= 0.3 is 0 Å². The Morgan fingerprint density at radius 3 is 2.91 bits per heavy atom. The number of rotatable bonds is 6. The maximum absolute atomic E-state index is 13.1. The van der Waals surface area contributed by atoms with Crippen LogP contribution in [-0.2, 0) is 4.79 Å². The van der Waals surface area contributed by atoms with E-state index < -0.39 is 0 Å². The highest BCUT2D eigenvalue weighted by Gasteiger charge is 2.40. The Morgan fingerprint density at radius 1 is 1.34 bits per heavy atom. The summed E-state index contributed by atoms with van der Waals surface area (Å²) in [5.74, 6) is 1.34. The molecule has 6 heteroatoms. The van der Waals surface area contributed by atoms with E-state index in [0.29, 0.717) is 28.5 Å². The average molecular weight is 449 g/mol. The molecule has 1 amide bonds. The molecule has 2 aliphatic heterocycles. The fourth-order valence-corrected chi connectivity index (χ4v) is 5.27. The Bertz CT molecular complexity index is 1110. The molecule has 0 fully saturated rings. The number of nitrogens with one attached hydrogen (secondary N) is 1. The molecule has 0 saturated heterocycles. The Hall–Kier alpha value is -2.60. The number of hydrogen-bond acceptors (Lipinski definition) is 5. The summed E-state index contributed by atoms with van der Waals surface area (Å²) >= 11 is 1.49. The number of fused-ring (bicyclic) bond motifs is 2. The largest absolute Gasteiger partial charge is 0.298 e. The van der Waals surface area contributed by atoms with Gasteiger partial charge in [-0.2, -0.15) is 0 Å². The molecule has 3 aliphatic rings. The SMILES string of the molecule is C=CCSC1=NN2C(=c3ccccc3=N[C@@H]2[C@@H]2CC=C(CCC=C(C)C)C[C@H]2C)C(=O)N1. The van der Waals surface area contributed by atoms with E-state index in [4.69, 9.17) is 10.1 Å². The lowest BCUT2D eigenvalue weighted by Gasteiger charge is -2.41. The molecule has 0 unspecified atom stereocenters. The monoisotopic (exact) mass is 448 g/mol. The Labute approximate surface area is 194 Å². The van der Waals surface area contributed by atoms with Crippen molar-refractivity contribution in [2.24, 2.45) is 21.9 Å². The number of hydrazone groups is 1. The van der Waals surface area contributed by atoms with Gasteiger partial charge in [-0.15, -0.1) is 11.7 Å². The number of para-hydroxylation sites is 1. The third-order valence-corrected chi connectivity index (χ3v) is 7.14. The number of carbonyl (C=O) groups is 1. The first-order chi connectivity index (χ1) is 15.5. The molecule has 2 heterocycles. The molecule has 0 spiro atoms. The van der Waals surface area contributed by atoms with Crippen LogP contribution in [0.2, 0.25) is 0 Å². The van der Waals surface area contributed by atoms with Crippen LogP contribution in [0, 0.1) is 11.8 Å². The van der Waals surface area contributed by atoms with Gasteiger partial charge in [-0.3, -0.25) is 15.1 Å². The number of hydrogen-bond donors (Lipinski definition) is 1. The first-order valence-corrected chi connectivity index (χ1v) is 12.4. The van der Waals surface area contributed by atoms with Crippen LogP contribution in [-0.4, -0.2) is 28.0 Å². The zero-order valence-electron chi connectivity index (χ0n) is 19.2. The highest BCUT2D eigenvalue weighted by molar-refractivity contribution is 8.14. The molecule has 1 aromatic carbocycles. The van der Waals surface area contributed by atoms with Crippen molar-refractivity contribution in [3.05, 3.63) is 70.8 Å². The standard InChI is InChI=1S/C26H32N4OS/c1-5-15-32-26-28-25(31)23-21-11-6-7-12-22(21)27-24(30(23)29-26)20-14-13-19(16-18(20)4)10-8-9-17(2)3/h5-7,9,11-13,18,20,24H,1,8,10,14-16H2,2-4H3,(H,28,29,31)/t18-,20-,24+/m1/s1. The first kappa shape index (κ1) is 22.6. The smallest absolute Gasteiger partial charge is 0.276 e. The van der Waals surface area contributed by atoms with Gasteiger partial charge in [0.05, 0.1) is 5.36 Å². The molecule has 1 aliphatic carbocycles. The van der Waals surface area contributed by atoms with Crippen molar-refractivity contribution in [3.63, 3.8) is 0 Å². The van der Waals surface area contributed by atoms with Gasteiger partial charge in [-0.05, 0) is 51.5 Å². The van der Waals surface area contributed by atoms with Crippen LogP contribution in [0.15, 0.2) is 70.3 Å². The van der Waals surface area contributed by atoms with Crippen LogP contribution in [0.25, 0.3) is 5.70 Å². The highest BCUT2D eigenvalue weighted by atomic mass is 32.2. The van der Waals surface area contributed by atoms with E-state index >= 15 is 0 Å². The maximum atomic E-state index is 13.1. The van der Waals surface area contributed by atoms with E-state index in [1.165, 1.54) is 22.9 Å². The minimum atomic E-state index is -0.184. The van der Waals surface area contributed by atoms with Crippen molar-refractivity contribution < 1.29 is 4.79 Å². The van der Waals surface area contributed by atoms with Crippen LogP contribution in [0.1, 0.15) is 46.5 Å². The second-order valence-electron chi connectivity index (χ2n) is 8.98. The van der Waals surface area contributed by atoms with E-state index in [-0.39, 0.29) is 12.1 Å². The van der Waals surface area contributed by atoms with E-state index in [0.717, 1.165) is 36.3 Å². The van der Waals surface area contributed by atoms with Gasteiger partial charge in [0.15, 0.2) is 5.17 Å². The van der Waals surface area contributed by atoms with Crippen molar-refractivity contribution >= 4 is 28.5 Å². The molecule has 0 bridgehead atoms. The van der Waals surface area contributed by atoms with Gasteiger partial charge in [0, 0.05) is 16.9 Å². The second kappa shape index (κ2) is 9.90. The number of amides is 1. The number of benzene rings is 1. The third-order valence-electron chi connectivity index (χ3n) is 6.28. The molecule has 0 radical (unpaired) electrons. The topological polar surface area (TPSA) is 57.1 Å². The number of allylic oxidation sites excluding steroid dienone is 4. The average Bonchev–Trinajstić information content (AvgIpc) is 2.77. The lowest BCUT2D eigenvalue weighted by Crippen LogP contribution is -2.55. The summed E-state index contributed by atoms with van der Waals surface area (Å²) in [5, 5.41) is 12.0. The van der Waals surface area contributed by atoms with Gasteiger partial charge in [-0.25, -0.2) is 5.01 Å². The van der Waals surface area contributed by atoms with E-state index in [9.17, 15) is 4.79 Å². The summed E-state index contributed by atoms with van der Waals surface area (Å²) in [7, 11) is 0. The van der Waals surface area contributed by atoms with Gasteiger partial charge in [-0.1, -0.05) is 66.3 Å². The molecule has 168 valence electrons. The molecule has 3 atom stereocenters. The number of nitrogens with zero attached hydrogens (tertiary/aromatic N) is 3. The molecular formula is C26H32N4OS. The lowest BCUT2D eigenvalue weighted by molar-refractivity contribution is -0.116. The predicted molar refractivity (Wildman–Crippen MR) is 133 cm³/mol. The molecule has 0 saturated carbocycles. The Balaban J connectivity index is 1.67. The highest BCUT2D eigenvalue weighted by Crippen LogP contribution is 2.38. The second-order valence-corrected chi connectivity index (χ2v) is 9.98. The molecule has 1 aromatic rings. The Morgan fingerprint density at radius 2 is 2.16 bits per heavy atom. The van der Waals surface area contributed by atoms with E-state index in [1.54, 1.807) is 0 Å². The fourth-order valence-electron chi connectivity index (χ4n) is 4.68. The zero-order valence-corrected chi connectivity index (χ0v) is 20.0. The van der Waals surface area contributed by atoms with Crippen LogP contribution >= 0.6 is 11.8 Å². The molecule has 32 heavy (non-hydrogen) atoms. The summed E-state index contributed by atoms with van der Waals surface area (Å²) in [5.41, 5.74) is 3.52. The lowest BCUT2D eigenvalue weighted by atomic mass is 9.77. The third kappa shape index (κ3) is 4.75. The molecule has 0 aromatic heterocycles. The number of amidine groups is 1. The van der Waals surface area contributed by atoms with Gasteiger partial charge in [0.1, 0.15) is 11.9 Å². The van der Waals surface area contributed by atoms with Gasteiger partial charge < -0.3 is 0 Å². The van der Waals surface area contributed by atoms with Gasteiger partial charge in [0.2, 0.25) is 0 Å². The Kier molecular flexibility index (Phi) is 6.99. The fraction of sp³-hybridized carbons (Fsp3) is 0.423. The number of carbonyl (C=O) groups excluding carboxylic acids is 1. The summed E-state index contributed by atoms with van der Waals surface area (Å²) in [6, 6.07) is 7.89. The summed E-state index contributed by atoms with van der Waals surface area (Å²) in [4.78, 5) is 18.2. The first-order valence-electron chi connectivity index (χ1n) is 11.4. The normalized spacial score (nSPS) is 24.3. The maximum Gasteiger partial charge on any atom is 0.276 e. The minimum absolute atomic E-state index is 0.111. The molecular weight excluding hydrogens is 416 g/mol. The quantitative estimate of drug-likeness (QED) is 0.667. The predicted octanol–water partition coefficient (Wildman–Crippen LogP) is 4.10.